The van der Waals surface area contributed by atoms with Crippen LogP contribution in [0.5, 0.6) is 17.2 Å². The van der Waals surface area contributed by atoms with Gasteiger partial charge in [-0.3, -0.25) is 4.79 Å². The molecule has 34 heavy (non-hydrogen) atoms. The second-order valence-corrected chi connectivity index (χ2v) is 7.47. The number of carbonyl (C=O) groups excluding carboxylic acids is 2. The second-order valence-electron chi connectivity index (χ2n) is 7.47. The van der Waals surface area contributed by atoms with Crippen molar-refractivity contribution in [2.45, 2.75) is 20.5 Å². The van der Waals surface area contributed by atoms with E-state index in [9.17, 15) is 18.4 Å². The van der Waals surface area contributed by atoms with E-state index >= 15 is 0 Å². The van der Waals surface area contributed by atoms with Crippen molar-refractivity contribution in [2.75, 3.05) is 13.4 Å². The number of aryl methyl sites for hydroxylation is 1. The zero-order valence-electron chi connectivity index (χ0n) is 18.4. The van der Waals surface area contributed by atoms with E-state index in [1.807, 2.05) is 6.92 Å². The van der Waals surface area contributed by atoms with Crippen LogP contribution in [0.1, 0.15) is 27.3 Å². The van der Waals surface area contributed by atoms with Crippen molar-refractivity contribution in [2.24, 2.45) is 0 Å². The van der Waals surface area contributed by atoms with Crippen molar-refractivity contribution >= 4 is 17.8 Å². The van der Waals surface area contributed by atoms with E-state index in [0.717, 1.165) is 11.3 Å². The third-order valence-electron chi connectivity index (χ3n) is 5.21. The average molecular weight is 469 g/mol. The van der Waals surface area contributed by atoms with Crippen LogP contribution >= 0.6 is 0 Å². The first kappa shape index (κ1) is 23.0. The highest BCUT2D eigenvalue weighted by Crippen LogP contribution is 2.32. The zero-order chi connectivity index (χ0) is 24.2. The molecule has 0 atom stereocenters. The van der Waals surface area contributed by atoms with Gasteiger partial charge in [-0.15, -0.1) is 0 Å². The van der Waals surface area contributed by atoms with E-state index in [4.69, 9.17) is 14.2 Å². The molecule has 0 bridgehead atoms. The number of hydrogen-bond donors (Lipinski definition) is 0. The molecule has 0 saturated carbocycles. The number of aromatic nitrogens is 1. The Morgan fingerprint density at radius 1 is 1.06 bits per heavy atom. The summed E-state index contributed by atoms with van der Waals surface area (Å²) in [6.07, 6.45) is 2.79. The first-order chi connectivity index (χ1) is 16.3. The number of ether oxygens (including phenoxy) is 4. The minimum Gasteiger partial charge on any atom is -0.454 e. The Morgan fingerprint density at radius 2 is 1.79 bits per heavy atom. The van der Waals surface area contributed by atoms with Crippen molar-refractivity contribution in [3.05, 3.63) is 77.1 Å². The van der Waals surface area contributed by atoms with E-state index in [0.29, 0.717) is 28.4 Å². The molecule has 7 nitrogen and oxygen atoms in total. The molecule has 1 aliphatic rings. The maximum Gasteiger partial charge on any atom is 0.387 e. The molecule has 4 rings (SSSR count). The number of carbonyl (C=O) groups is 2. The summed E-state index contributed by atoms with van der Waals surface area (Å²) in [6.45, 7) is 0.403. The van der Waals surface area contributed by atoms with Gasteiger partial charge in [-0.25, -0.2) is 4.79 Å². The molecule has 0 unspecified atom stereocenters. The molecule has 3 aromatic rings. The van der Waals surface area contributed by atoms with E-state index in [2.05, 4.69) is 4.74 Å². The van der Waals surface area contributed by atoms with Crippen LogP contribution in [-0.2, 0) is 9.53 Å². The van der Waals surface area contributed by atoms with Crippen LogP contribution in [0.25, 0.3) is 11.8 Å². The first-order valence-corrected chi connectivity index (χ1v) is 10.3. The van der Waals surface area contributed by atoms with Gasteiger partial charge in [-0.1, -0.05) is 6.07 Å². The smallest absolute Gasteiger partial charge is 0.387 e. The fraction of sp³-hybridized carbons (Fsp3) is 0.200. The molecule has 2 heterocycles. The highest BCUT2D eigenvalue weighted by molar-refractivity contribution is 6.00. The number of esters is 1. The molecule has 1 aliphatic heterocycles. The number of nitrogens with zero attached hydrogens (tertiary/aromatic N) is 1. The molecule has 0 fully saturated rings. The summed E-state index contributed by atoms with van der Waals surface area (Å²) >= 11 is 0. The summed E-state index contributed by atoms with van der Waals surface area (Å²) in [5, 5.41) is 0. The van der Waals surface area contributed by atoms with Gasteiger partial charge in [-0.05, 0) is 68.0 Å². The van der Waals surface area contributed by atoms with Gasteiger partial charge in [0.05, 0.1) is 0 Å². The molecule has 1 aromatic heterocycles. The number of halogens is 2. The molecule has 0 radical (unpaired) electrons. The van der Waals surface area contributed by atoms with Crippen LogP contribution in [0.3, 0.4) is 0 Å². The van der Waals surface area contributed by atoms with E-state index in [1.54, 1.807) is 54.0 Å². The first-order valence-electron chi connectivity index (χ1n) is 10.3. The molecule has 176 valence electrons. The van der Waals surface area contributed by atoms with Gasteiger partial charge >= 0.3 is 12.6 Å². The molecule has 0 spiro atoms. The van der Waals surface area contributed by atoms with Gasteiger partial charge in [0.2, 0.25) is 12.6 Å². The number of hydrogen-bond acceptors (Lipinski definition) is 6. The third kappa shape index (κ3) is 5.09. The van der Waals surface area contributed by atoms with Crippen LogP contribution in [0.15, 0.2) is 54.6 Å². The third-order valence-corrected chi connectivity index (χ3v) is 5.21. The zero-order valence-corrected chi connectivity index (χ0v) is 18.4. The van der Waals surface area contributed by atoms with Crippen LogP contribution in [0.2, 0.25) is 0 Å². The summed E-state index contributed by atoms with van der Waals surface area (Å²) in [5.74, 6) is 0.257. The van der Waals surface area contributed by atoms with Gasteiger partial charge in [0.1, 0.15) is 5.75 Å². The molecule has 9 heteroatoms. The Morgan fingerprint density at radius 3 is 2.53 bits per heavy atom. The SMILES string of the molecule is Cc1cc(C(=O)COC(=O)/C=C/c2ccc3c(c2)OCO3)c(C)n1-c1ccc(OC(F)F)cc1. The summed E-state index contributed by atoms with van der Waals surface area (Å²) in [7, 11) is 0. The maximum atomic E-state index is 12.7. The number of ketones is 1. The predicted octanol–water partition coefficient (Wildman–Crippen LogP) is 4.86. The van der Waals surface area contributed by atoms with E-state index in [1.165, 1.54) is 18.2 Å². The topological polar surface area (TPSA) is 76.0 Å². The van der Waals surface area contributed by atoms with Crippen molar-refractivity contribution in [1.82, 2.24) is 4.57 Å². The highest BCUT2D eigenvalue weighted by Gasteiger charge is 2.18. The minimum absolute atomic E-state index is 0.0400. The highest BCUT2D eigenvalue weighted by atomic mass is 19.3. The average Bonchev–Trinajstić information content (AvgIpc) is 3.39. The van der Waals surface area contributed by atoms with Crippen molar-refractivity contribution < 1.29 is 37.3 Å². The lowest BCUT2D eigenvalue weighted by molar-refractivity contribution is -0.136. The fourth-order valence-corrected chi connectivity index (χ4v) is 3.66. The van der Waals surface area contributed by atoms with Gasteiger partial charge < -0.3 is 23.5 Å². The van der Waals surface area contributed by atoms with Crippen molar-refractivity contribution in [3.63, 3.8) is 0 Å². The summed E-state index contributed by atoms with van der Waals surface area (Å²) in [5.41, 5.74) is 3.20. The Balaban J connectivity index is 1.39. The minimum atomic E-state index is -2.90. The summed E-state index contributed by atoms with van der Waals surface area (Å²) in [4.78, 5) is 24.8. The number of benzene rings is 2. The lowest BCUT2D eigenvalue weighted by Crippen LogP contribution is -2.13. The Bertz CT molecular complexity index is 1250. The molecule has 0 aliphatic carbocycles. The summed E-state index contributed by atoms with van der Waals surface area (Å²) in [6, 6.07) is 13.0. The van der Waals surface area contributed by atoms with Gasteiger partial charge in [-0.2, -0.15) is 8.78 Å². The monoisotopic (exact) mass is 469 g/mol. The molecule has 0 amide bonds. The Labute approximate surface area is 194 Å². The van der Waals surface area contributed by atoms with E-state index in [-0.39, 0.29) is 18.3 Å². The van der Waals surface area contributed by atoms with Crippen LogP contribution < -0.4 is 14.2 Å². The van der Waals surface area contributed by atoms with Crippen LogP contribution in [-0.4, -0.2) is 36.3 Å². The standard InChI is InChI=1S/C25H21F2NO6/c1-15-11-20(16(2)28(15)18-5-7-19(8-6-18)34-25(26)27)21(29)13-31-24(30)10-4-17-3-9-22-23(12-17)33-14-32-22/h3-12,25H,13-14H2,1-2H3/b10-4+. The number of Topliss-reactive ketones (excluding diaryl/α,β-unsaturated/α-hetero) is 1. The van der Waals surface area contributed by atoms with E-state index < -0.39 is 19.2 Å². The largest absolute Gasteiger partial charge is 0.454 e. The lowest BCUT2D eigenvalue weighted by atomic mass is 10.1. The van der Waals surface area contributed by atoms with Crippen molar-refractivity contribution in [3.8, 4) is 22.9 Å². The predicted molar refractivity (Wildman–Crippen MR) is 119 cm³/mol. The molecule has 0 N–H and O–H groups in total. The quantitative estimate of drug-likeness (QED) is 0.266. The fourth-order valence-electron chi connectivity index (χ4n) is 3.66. The Hall–Kier alpha value is -4.14. The second kappa shape index (κ2) is 9.78. The van der Waals surface area contributed by atoms with Crippen LogP contribution in [0.4, 0.5) is 8.78 Å². The van der Waals surface area contributed by atoms with Crippen molar-refractivity contribution in [1.29, 1.82) is 0 Å². The molecular formula is C25H21F2NO6. The van der Waals surface area contributed by atoms with Gasteiger partial charge in [0.25, 0.3) is 0 Å². The molecular weight excluding hydrogens is 448 g/mol. The van der Waals surface area contributed by atoms with Gasteiger partial charge in [0.15, 0.2) is 18.1 Å². The Kier molecular flexibility index (Phi) is 6.62. The van der Waals surface area contributed by atoms with Crippen LogP contribution in [0, 0.1) is 13.8 Å². The lowest BCUT2D eigenvalue weighted by Gasteiger charge is -2.11. The number of rotatable bonds is 8. The normalized spacial score (nSPS) is 12.4. The molecule has 2 aromatic carbocycles. The number of alkyl halides is 2. The number of fused-ring (bicyclic) bond motifs is 1. The maximum absolute atomic E-state index is 12.7. The molecule has 0 saturated heterocycles. The van der Waals surface area contributed by atoms with Gasteiger partial charge in [0, 0.05) is 28.7 Å². The summed E-state index contributed by atoms with van der Waals surface area (Å²) < 4.78 is 46.5.